The lowest BCUT2D eigenvalue weighted by molar-refractivity contribution is -0.143. The van der Waals surface area contributed by atoms with Gasteiger partial charge in [-0.2, -0.15) is 0 Å². The van der Waals surface area contributed by atoms with Crippen LogP contribution in [0.5, 0.6) is 0 Å². The predicted molar refractivity (Wildman–Crippen MR) is 111 cm³/mol. The normalized spacial score (nSPS) is 16.1. The smallest absolute Gasteiger partial charge is 0.337 e. The number of hydrogen-bond acceptors (Lipinski definition) is 7. The minimum absolute atomic E-state index is 0.0755. The highest BCUT2D eigenvalue weighted by Gasteiger charge is 2.38. The van der Waals surface area contributed by atoms with Crippen molar-refractivity contribution in [2.45, 2.75) is 39.7 Å². The third kappa shape index (κ3) is 5.40. The third-order valence-electron chi connectivity index (χ3n) is 4.43. The number of azide groups is 1. The van der Waals surface area contributed by atoms with Crippen molar-refractivity contribution in [1.82, 2.24) is 5.32 Å². The number of carbonyl (C=O) groups is 2. The van der Waals surface area contributed by atoms with Crippen molar-refractivity contribution >= 4 is 17.6 Å². The van der Waals surface area contributed by atoms with Gasteiger partial charge in [0.15, 0.2) is 0 Å². The summed E-state index contributed by atoms with van der Waals surface area (Å²) < 4.78 is 15.7. The van der Waals surface area contributed by atoms with E-state index in [2.05, 4.69) is 15.3 Å². The average Bonchev–Trinajstić information content (AvgIpc) is 2.67. The van der Waals surface area contributed by atoms with E-state index < -0.39 is 17.9 Å². The number of carbonyl (C=O) groups excluding carboxylic acids is 2. The zero-order valence-corrected chi connectivity index (χ0v) is 17.8. The van der Waals surface area contributed by atoms with Gasteiger partial charge < -0.3 is 19.5 Å². The number of benzene rings is 1. The van der Waals surface area contributed by atoms with Crippen LogP contribution >= 0.6 is 0 Å². The van der Waals surface area contributed by atoms with Crippen molar-refractivity contribution in [3.63, 3.8) is 0 Å². The van der Waals surface area contributed by atoms with Crippen LogP contribution in [0.4, 0.5) is 5.69 Å². The molecule has 30 heavy (non-hydrogen) atoms. The summed E-state index contributed by atoms with van der Waals surface area (Å²) in [5, 5.41) is 6.72. The zero-order valence-electron chi connectivity index (χ0n) is 17.8. The molecule has 0 aromatic heterocycles. The molecule has 1 N–H and O–H groups in total. The summed E-state index contributed by atoms with van der Waals surface area (Å²) in [5.74, 6) is -1.86. The summed E-state index contributed by atoms with van der Waals surface area (Å²) in [6, 6.07) is 6.74. The van der Waals surface area contributed by atoms with Gasteiger partial charge in [0.1, 0.15) is 6.61 Å². The zero-order chi connectivity index (χ0) is 22.3. The van der Waals surface area contributed by atoms with E-state index in [0.29, 0.717) is 28.2 Å². The SMILES string of the molecule is COCCOC(=O)C1=C(C)NC(C)=C(C(=O)OC(C)C)C1c1cccc(N=[N+]=[N-])c1. The number of hydrogen-bond donors (Lipinski definition) is 1. The van der Waals surface area contributed by atoms with Crippen LogP contribution in [0.1, 0.15) is 39.2 Å². The Morgan fingerprint density at radius 1 is 1.17 bits per heavy atom. The Balaban J connectivity index is 2.60. The molecule has 160 valence electrons. The number of nitrogens with zero attached hydrogens (tertiary/aromatic N) is 3. The van der Waals surface area contributed by atoms with Crippen LogP contribution in [-0.4, -0.2) is 38.4 Å². The van der Waals surface area contributed by atoms with Gasteiger partial charge >= 0.3 is 11.9 Å². The van der Waals surface area contributed by atoms with Crippen molar-refractivity contribution < 1.29 is 23.8 Å². The first kappa shape index (κ1) is 23.0. The van der Waals surface area contributed by atoms with Gasteiger partial charge in [-0.1, -0.05) is 23.3 Å². The van der Waals surface area contributed by atoms with Gasteiger partial charge in [0.2, 0.25) is 0 Å². The van der Waals surface area contributed by atoms with E-state index in [1.54, 1.807) is 52.0 Å². The summed E-state index contributed by atoms with van der Waals surface area (Å²) in [4.78, 5) is 28.7. The second kappa shape index (κ2) is 10.5. The molecule has 0 radical (unpaired) electrons. The molecule has 2 rings (SSSR count). The lowest BCUT2D eigenvalue weighted by Gasteiger charge is -2.31. The van der Waals surface area contributed by atoms with Crippen LogP contribution in [0.25, 0.3) is 10.4 Å². The lowest BCUT2D eigenvalue weighted by Crippen LogP contribution is -2.33. The highest BCUT2D eigenvalue weighted by atomic mass is 16.6. The van der Waals surface area contributed by atoms with Crippen LogP contribution in [-0.2, 0) is 23.8 Å². The van der Waals surface area contributed by atoms with Gasteiger partial charge in [-0.05, 0) is 44.9 Å². The van der Waals surface area contributed by atoms with Crippen molar-refractivity contribution in [2.24, 2.45) is 5.11 Å². The van der Waals surface area contributed by atoms with Crippen molar-refractivity contribution in [3.8, 4) is 0 Å². The summed E-state index contributed by atoms with van der Waals surface area (Å²) >= 11 is 0. The van der Waals surface area contributed by atoms with E-state index in [0.717, 1.165) is 0 Å². The van der Waals surface area contributed by atoms with Gasteiger partial charge in [-0.15, -0.1) is 0 Å². The van der Waals surface area contributed by atoms with Crippen molar-refractivity contribution in [2.75, 3.05) is 20.3 Å². The number of nitrogens with one attached hydrogen (secondary N) is 1. The Labute approximate surface area is 175 Å². The van der Waals surface area contributed by atoms with Crippen molar-refractivity contribution in [3.05, 3.63) is 62.8 Å². The minimum Gasteiger partial charge on any atom is -0.460 e. The molecule has 9 nitrogen and oxygen atoms in total. The Morgan fingerprint density at radius 3 is 2.43 bits per heavy atom. The highest BCUT2D eigenvalue weighted by molar-refractivity contribution is 6.00. The molecule has 0 spiro atoms. The molecular weight excluding hydrogens is 388 g/mol. The molecule has 1 aliphatic heterocycles. The van der Waals surface area contributed by atoms with Crippen LogP contribution < -0.4 is 5.32 Å². The van der Waals surface area contributed by atoms with Gasteiger partial charge in [-0.3, -0.25) is 0 Å². The summed E-state index contributed by atoms with van der Waals surface area (Å²) in [6.45, 7) is 7.32. The average molecular weight is 414 g/mol. The lowest BCUT2D eigenvalue weighted by atomic mass is 9.80. The van der Waals surface area contributed by atoms with Crippen LogP contribution in [0, 0.1) is 0 Å². The quantitative estimate of drug-likeness (QED) is 0.225. The molecule has 0 bridgehead atoms. The van der Waals surface area contributed by atoms with Crippen molar-refractivity contribution in [1.29, 1.82) is 0 Å². The second-order valence-electron chi connectivity index (χ2n) is 7.00. The maximum absolute atomic E-state index is 13.0. The Kier molecular flexibility index (Phi) is 8.03. The second-order valence-corrected chi connectivity index (χ2v) is 7.00. The summed E-state index contributed by atoms with van der Waals surface area (Å²) in [6.07, 6.45) is -0.336. The van der Waals surface area contributed by atoms with Crippen LogP contribution in [0.2, 0.25) is 0 Å². The Morgan fingerprint density at radius 2 is 1.83 bits per heavy atom. The molecule has 0 saturated heterocycles. The number of methoxy groups -OCH3 is 1. The molecule has 1 aromatic rings. The monoisotopic (exact) mass is 414 g/mol. The predicted octanol–water partition coefficient (Wildman–Crippen LogP) is 4.00. The Bertz CT molecular complexity index is 929. The van der Waals surface area contributed by atoms with Gasteiger partial charge in [-0.25, -0.2) is 9.59 Å². The fourth-order valence-corrected chi connectivity index (χ4v) is 3.26. The largest absolute Gasteiger partial charge is 0.460 e. The van der Waals surface area contributed by atoms with Crippen LogP contribution in [0.3, 0.4) is 0 Å². The molecule has 1 aromatic carbocycles. The van der Waals surface area contributed by atoms with Crippen LogP contribution in [0.15, 0.2) is 51.9 Å². The summed E-state index contributed by atoms with van der Waals surface area (Å²) in [5.41, 5.74) is 11.5. The molecule has 0 aliphatic carbocycles. The first-order chi connectivity index (χ1) is 14.3. The molecular formula is C21H26N4O5. The highest BCUT2D eigenvalue weighted by Crippen LogP contribution is 2.40. The molecule has 0 amide bonds. The van der Waals surface area contributed by atoms with E-state index in [-0.39, 0.29) is 24.9 Å². The maximum atomic E-state index is 13.0. The fraction of sp³-hybridized carbons (Fsp3) is 0.429. The Hall–Kier alpha value is -3.29. The van der Waals surface area contributed by atoms with E-state index in [9.17, 15) is 9.59 Å². The standard InChI is InChI=1S/C21H26N4O5/c1-12(2)30-21(27)18-14(4)23-13(3)17(20(26)29-10-9-28-5)19(18)15-7-6-8-16(11-15)24-25-22/h6-8,11-12,19,23H,9-10H2,1-5H3. The molecule has 9 heteroatoms. The number of ether oxygens (including phenoxy) is 3. The van der Waals surface area contributed by atoms with E-state index >= 15 is 0 Å². The molecule has 1 unspecified atom stereocenters. The molecule has 0 fully saturated rings. The van der Waals surface area contributed by atoms with E-state index in [4.69, 9.17) is 19.7 Å². The first-order valence-electron chi connectivity index (χ1n) is 9.50. The van der Waals surface area contributed by atoms with E-state index in [1.807, 2.05) is 0 Å². The minimum atomic E-state index is -0.749. The topological polar surface area (TPSA) is 123 Å². The maximum Gasteiger partial charge on any atom is 0.337 e. The van der Waals surface area contributed by atoms with Gasteiger partial charge in [0.05, 0.1) is 29.8 Å². The first-order valence-corrected chi connectivity index (χ1v) is 9.50. The van der Waals surface area contributed by atoms with Gasteiger partial charge in [0, 0.05) is 29.1 Å². The van der Waals surface area contributed by atoms with Gasteiger partial charge in [0.25, 0.3) is 0 Å². The van der Waals surface area contributed by atoms with E-state index in [1.165, 1.54) is 7.11 Å². The third-order valence-corrected chi connectivity index (χ3v) is 4.43. The number of dihydropyridines is 1. The number of allylic oxidation sites excluding steroid dienone is 2. The number of rotatable bonds is 8. The molecule has 1 heterocycles. The summed E-state index contributed by atoms with van der Waals surface area (Å²) in [7, 11) is 1.51. The molecule has 0 saturated carbocycles. The molecule has 1 atom stereocenters. The number of esters is 2. The fourth-order valence-electron chi connectivity index (χ4n) is 3.26. The molecule has 1 aliphatic rings.